The lowest BCUT2D eigenvalue weighted by Crippen LogP contribution is -2.38. The van der Waals surface area contributed by atoms with Gasteiger partial charge in [-0.05, 0) is 6.07 Å². The van der Waals surface area contributed by atoms with Gasteiger partial charge in [-0.25, -0.2) is 8.42 Å². The molecule has 2 fully saturated rings. The second kappa shape index (κ2) is 6.30. The van der Waals surface area contributed by atoms with Gasteiger partial charge in [-0.2, -0.15) is 4.31 Å². The van der Waals surface area contributed by atoms with Crippen LogP contribution in [0.4, 0.5) is 0 Å². The Morgan fingerprint density at radius 3 is 2.71 bits per heavy atom. The molecule has 3 rings (SSSR count). The number of fused-ring (bicyclic) bond motifs is 1. The van der Waals surface area contributed by atoms with Gasteiger partial charge < -0.3 is 14.2 Å². The minimum Gasteiger partial charge on any atom is -0.375 e. The van der Waals surface area contributed by atoms with E-state index < -0.39 is 10.0 Å². The predicted molar refractivity (Wildman–Crippen MR) is 87.2 cm³/mol. The maximum absolute atomic E-state index is 12.7. The molecule has 0 N–H and O–H groups in total. The number of amides is 1. The first-order valence-corrected chi connectivity index (χ1v) is 9.64. The Kier molecular flexibility index (Phi) is 4.50. The smallest absolute Gasteiger partial charge is 0.270 e. The molecule has 2 saturated heterocycles. The third-order valence-corrected chi connectivity index (χ3v) is 5.92. The van der Waals surface area contributed by atoms with Crippen LogP contribution in [0.3, 0.4) is 0 Å². The molecule has 1 aromatic rings. The van der Waals surface area contributed by atoms with Crippen LogP contribution >= 0.6 is 0 Å². The molecular weight excluding hydrogens is 334 g/mol. The van der Waals surface area contributed by atoms with Crippen molar-refractivity contribution < 1.29 is 17.9 Å². The standard InChI is InChI=1S/C15H21N3O5S/c1-16-12(4-3-5-14(16)19)15(20)17-8-11-9-18(24(2,21)22)6-7-23-13(11)10-17/h3-5,11,13H,6-10H2,1-2H3/t11-,13-/m1/s1. The molecule has 1 aromatic heterocycles. The zero-order valence-corrected chi connectivity index (χ0v) is 14.5. The molecule has 24 heavy (non-hydrogen) atoms. The summed E-state index contributed by atoms with van der Waals surface area (Å²) in [5.74, 6) is -0.301. The Balaban J connectivity index is 1.78. The lowest BCUT2D eigenvalue weighted by atomic mass is 10.1. The number of rotatable bonds is 2. The molecule has 0 unspecified atom stereocenters. The number of pyridine rings is 1. The van der Waals surface area contributed by atoms with Gasteiger partial charge in [0.25, 0.3) is 11.5 Å². The Morgan fingerprint density at radius 2 is 2.00 bits per heavy atom. The maximum Gasteiger partial charge on any atom is 0.270 e. The Labute approximate surface area is 140 Å². The van der Waals surface area contributed by atoms with Crippen LogP contribution in [0.1, 0.15) is 10.5 Å². The normalized spacial score (nSPS) is 25.3. The first-order chi connectivity index (χ1) is 11.3. The minimum atomic E-state index is -3.29. The van der Waals surface area contributed by atoms with Crippen LogP contribution in [-0.4, -0.2) is 73.2 Å². The van der Waals surface area contributed by atoms with Crippen molar-refractivity contribution in [2.75, 3.05) is 39.0 Å². The van der Waals surface area contributed by atoms with Crippen molar-refractivity contribution in [2.24, 2.45) is 13.0 Å². The van der Waals surface area contributed by atoms with E-state index >= 15 is 0 Å². The van der Waals surface area contributed by atoms with Crippen LogP contribution in [0.2, 0.25) is 0 Å². The van der Waals surface area contributed by atoms with Gasteiger partial charge in [-0.3, -0.25) is 9.59 Å². The van der Waals surface area contributed by atoms with Gasteiger partial charge in [0.1, 0.15) is 5.69 Å². The lowest BCUT2D eigenvalue weighted by molar-refractivity contribution is 0.0489. The molecular formula is C15H21N3O5S. The molecule has 2 atom stereocenters. The number of aromatic nitrogens is 1. The molecule has 0 saturated carbocycles. The number of carbonyl (C=O) groups is 1. The van der Waals surface area contributed by atoms with E-state index in [2.05, 4.69) is 0 Å². The van der Waals surface area contributed by atoms with Crippen molar-refractivity contribution in [3.8, 4) is 0 Å². The number of nitrogens with zero attached hydrogens (tertiary/aromatic N) is 3. The van der Waals surface area contributed by atoms with Crippen molar-refractivity contribution >= 4 is 15.9 Å². The second-order valence-corrected chi connectivity index (χ2v) is 8.29. The van der Waals surface area contributed by atoms with Crippen molar-refractivity contribution in [2.45, 2.75) is 6.10 Å². The van der Waals surface area contributed by atoms with Gasteiger partial charge in [-0.15, -0.1) is 0 Å². The molecule has 0 aliphatic carbocycles. The molecule has 0 aromatic carbocycles. The lowest BCUT2D eigenvalue weighted by Gasteiger charge is -2.21. The fourth-order valence-electron chi connectivity index (χ4n) is 3.27. The molecule has 2 aliphatic rings. The average molecular weight is 355 g/mol. The molecule has 3 heterocycles. The van der Waals surface area contributed by atoms with Crippen LogP contribution in [0, 0.1) is 5.92 Å². The zero-order chi connectivity index (χ0) is 17.5. The monoisotopic (exact) mass is 355 g/mol. The summed E-state index contributed by atoms with van der Waals surface area (Å²) in [7, 11) is -1.72. The Hall–Kier alpha value is -1.71. The topological polar surface area (TPSA) is 88.9 Å². The highest BCUT2D eigenvalue weighted by Crippen LogP contribution is 2.25. The van der Waals surface area contributed by atoms with Crippen molar-refractivity contribution in [3.63, 3.8) is 0 Å². The molecule has 2 aliphatic heterocycles. The van der Waals surface area contributed by atoms with Crippen LogP contribution < -0.4 is 5.56 Å². The first-order valence-electron chi connectivity index (χ1n) is 7.79. The van der Waals surface area contributed by atoms with Gasteiger partial charge in [0, 0.05) is 45.2 Å². The highest BCUT2D eigenvalue weighted by molar-refractivity contribution is 7.88. The number of hydrogen-bond donors (Lipinski definition) is 0. The molecule has 1 amide bonds. The largest absolute Gasteiger partial charge is 0.375 e. The predicted octanol–water partition coefficient (Wildman–Crippen LogP) is -0.882. The molecule has 9 heteroatoms. The summed E-state index contributed by atoms with van der Waals surface area (Å²) in [5, 5.41) is 0. The fraction of sp³-hybridized carbons (Fsp3) is 0.600. The zero-order valence-electron chi connectivity index (χ0n) is 13.7. The van der Waals surface area contributed by atoms with Crippen LogP contribution in [0.25, 0.3) is 0 Å². The van der Waals surface area contributed by atoms with E-state index in [4.69, 9.17) is 4.74 Å². The first kappa shape index (κ1) is 17.1. The van der Waals surface area contributed by atoms with E-state index in [9.17, 15) is 18.0 Å². The number of hydrogen-bond acceptors (Lipinski definition) is 5. The fourth-order valence-corrected chi connectivity index (χ4v) is 4.14. The minimum absolute atomic E-state index is 0.0630. The summed E-state index contributed by atoms with van der Waals surface area (Å²) in [6.07, 6.45) is 1.01. The number of likely N-dealkylation sites (tertiary alicyclic amines) is 1. The molecule has 8 nitrogen and oxygen atoms in total. The summed E-state index contributed by atoms with van der Waals surface area (Å²) in [6, 6.07) is 4.57. The highest BCUT2D eigenvalue weighted by Gasteiger charge is 2.40. The van der Waals surface area contributed by atoms with E-state index in [0.29, 0.717) is 38.5 Å². The van der Waals surface area contributed by atoms with Gasteiger partial charge in [0.2, 0.25) is 10.0 Å². The summed E-state index contributed by atoms with van der Waals surface area (Å²) >= 11 is 0. The number of sulfonamides is 1. The summed E-state index contributed by atoms with van der Waals surface area (Å²) in [4.78, 5) is 26.0. The van der Waals surface area contributed by atoms with E-state index in [1.165, 1.54) is 21.2 Å². The van der Waals surface area contributed by atoms with Crippen LogP contribution in [-0.2, 0) is 21.8 Å². The van der Waals surface area contributed by atoms with Crippen LogP contribution in [0.15, 0.2) is 23.0 Å². The molecule has 0 spiro atoms. The third kappa shape index (κ3) is 3.24. The summed E-state index contributed by atoms with van der Waals surface area (Å²) in [6.45, 7) is 1.83. The molecule has 0 radical (unpaired) electrons. The van der Waals surface area contributed by atoms with Crippen molar-refractivity contribution in [1.29, 1.82) is 0 Å². The quantitative estimate of drug-likeness (QED) is 0.687. The number of carbonyl (C=O) groups excluding carboxylic acids is 1. The van der Waals surface area contributed by atoms with E-state index in [-0.39, 0.29) is 23.5 Å². The van der Waals surface area contributed by atoms with E-state index in [1.54, 1.807) is 24.1 Å². The Bertz CT molecular complexity index is 804. The Morgan fingerprint density at radius 1 is 1.25 bits per heavy atom. The molecule has 132 valence electrons. The van der Waals surface area contributed by atoms with Gasteiger partial charge >= 0.3 is 0 Å². The number of ether oxygens (including phenoxy) is 1. The SMILES string of the molecule is Cn1c(C(=O)N2C[C@@H]3CN(S(C)(=O)=O)CCO[C@@H]3C2)cccc1=O. The van der Waals surface area contributed by atoms with Crippen LogP contribution in [0.5, 0.6) is 0 Å². The summed E-state index contributed by atoms with van der Waals surface area (Å²) in [5.41, 5.74) is 0.0766. The highest BCUT2D eigenvalue weighted by atomic mass is 32.2. The van der Waals surface area contributed by atoms with E-state index in [0.717, 1.165) is 0 Å². The van der Waals surface area contributed by atoms with Crippen molar-refractivity contribution in [1.82, 2.24) is 13.8 Å². The van der Waals surface area contributed by atoms with Gasteiger partial charge in [0.05, 0.1) is 19.0 Å². The van der Waals surface area contributed by atoms with Gasteiger partial charge in [0.15, 0.2) is 0 Å². The second-order valence-electron chi connectivity index (χ2n) is 6.31. The third-order valence-electron chi connectivity index (χ3n) is 4.65. The van der Waals surface area contributed by atoms with Gasteiger partial charge in [-0.1, -0.05) is 6.07 Å². The van der Waals surface area contributed by atoms with E-state index in [1.807, 2.05) is 0 Å². The molecule has 0 bridgehead atoms. The summed E-state index contributed by atoms with van der Waals surface area (Å²) < 4.78 is 32.1. The van der Waals surface area contributed by atoms with Crippen molar-refractivity contribution in [3.05, 3.63) is 34.2 Å². The maximum atomic E-state index is 12.7. The average Bonchev–Trinajstić information content (AvgIpc) is 2.80.